The van der Waals surface area contributed by atoms with Crippen molar-refractivity contribution in [3.8, 4) is 0 Å². The van der Waals surface area contributed by atoms with Gasteiger partial charge in [-0.15, -0.1) is 0 Å². The Balaban J connectivity index is 2.44. The fourth-order valence-corrected chi connectivity index (χ4v) is 1.00. The fourth-order valence-electron chi connectivity index (χ4n) is 1.00. The van der Waals surface area contributed by atoms with Crippen molar-refractivity contribution in [3.05, 3.63) is 0 Å². The van der Waals surface area contributed by atoms with Crippen LogP contribution < -0.4 is 11.1 Å². The van der Waals surface area contributed by atoms with Crippen LogP contribution in [0.4, 0.5) is 0 Å². The molecule has 0 bridgehead atoms. The van der Waals surface area contributed by atoms with Crippen LogP contribution in [0.15, 0.2) is 0 Å². The van der Waals surface area contributed by atoms with E-state index in [2.05, 4.69) is 5.32 Å². The molecule has 0 aromatic rings. The van der Waals surface area contributed by atoms with Crippen molar-refractivity contribution in [2.45, 2.75) is 5.54 Å². The van der Waals surface area contributed by atoms with Gasteiger partial charge in [-0.3, -0.25) is 0 Å². The number of nitrogens with two attached hydrogens (primary N) is 1. The molecule has 1 aliphatic heterocycles. The Bertz CT molecular complexity index is 95.9. The van der Waals surface area contributed by atoms with E-state index in [1.165, 1.54) is 0 Å². The number of rotatable bonds is 2. The van der Waals surface area contributed by atoms with E-state index in [4.69, 9.17) is 15.6 Å². The lowest BCUT2D eigenvalue weighted by molar-refractivity contribution is 0.00356. The first-order valence-corrected chi connectivity index (χ1v) is 3.47. The number of hydrogen-bond donors (Lipinski definition) is 3. The summed E-state index contributed by atoms with van der Waals surface area (Å²) in [6.07, 6.45) is 0. The smallest absolute Gasteiger partial charge is 0.0775 e. The minimum atomic E-state index is -0.377. The molecule has 0 radical (unpaired) electrons. The Hall–Kier alpha value is -0.160. The molecule has 4 heteroatoms. The summed E-state index contributed by atoms with van der Waals surface area (Å²) in [5, 5.41) is 12.1. The molecule has 0 spiro atoms. The summed E-state index contributed by atoms with van der Waals surface area (Å²) in [4.78, 5) is 0. The summed E-state index contributed by atoms with van der Waals surface area (Å²) in [6.45, 7) is 2.46. The van der Waals surface area contributed by atoms with Crippen molar-refractivity contribution in [2.75, 3.05) is 32.9 Å². The second-order valence-corrected chi connectivity index (χ2v) is 2.62. The van der Waals surface area contributed by atoms with E-state index in [0.29, 0.717) is 19.8 Å². The van der Waals surface area contributed by atoms with E-state index in [1.54, 1.807) is 0 Å². The van der Waals surface area contributed by atoms with Crippen LogP contribution in [0.25, 0.3) is 0 Å². The third-order valence-electron chi connectivity index (χ3n) is 1.82. The normalized spacial score (nSPS) is 34.2. The van der Waals surface area contributed by atoms with E-state index in [1.807, 2.05) is 0 Å². The molecule has 4 nitrogen and oxygen atoms in total. The third kappa shape index (κ3) is 1.46. The molecule has 10 heavy (non-hydrogen) atoms. The van der Waals surface area contributed by atoms with Crippen LogP contribution in [-0.4, -0.2) is 43.6 Å². The van der Waals surface area contributed by atoms with Gasteiger partial charge in [0.2, 0.25) is 0 Å². The quantitative estimate of drug-likeness (QED) is 0.434. The van der Waals surface area contributed by atoms with Crippen molar-refractivity contribution in [1.82, 2.24) is 5.32 Å². The Morgan fingerprint density at radius 1 is 1.70 bits per heavy atom. The van der Waals surface area contributed by atoms with Gasteiger partial charge in [-0.1, -0.05) is 0 Å². The predicted molar refractivity (Wildman–Crippen MR) is 37.7 cm³/mol. The highest BCUT2D eigenvalue weighted by atomic mass is 16.5. The predicted octanol–water partition coefficient (Wildman–Crippen LogP) is -1.70. The fraction of sp³-hybridized carbons (Fsp3) is 1.00. The molecule has 0 unspecified atom stereocenters. The summed E-state index contributed by atoms with van der Waals surface area (Å²) < 4.78 is 5.16. The highest BCUT2D eigenvalue weighted by molar-refractivity contribution is 4.90. The van der Waals surface area contributed by atoms with Gasteiger partial charge in [0.1, 0.15) is 0 Å². The number of morpholine rings is 1. The average Bonchev–Trinajstić information content (AvgIpc) is 2.06. The summed E-state index contributed by atoms with van der Waals surface area (Å²) in [6, 6.07) is 0. The van der Waals surface area contributed by atoms with E-state index >= 15 is 0 Å². The molecule has 1 rings (SSSR count). The minimum absolute atomic E-state index is 0.0451. The van der Waals surface area contributed by atoms with Gasteiger partial charge in [0.25, 0.3) is 0 Å². The second kappa shape index (κ2) is 3.30. The molecule has 1 saturated heterocycles. The van der Waals surface area contributed by atoms with Crippen molar-refractivity contribution in [3.63, 3.8) is 0 Å². The van der Waals surface area contributed by atoms with Crippen LogP contribution in [0.3, 0.4) is 0 Å². The summed E-state index contributed by atoms with van der Waals surface area (Å²) in [5.41, 5.74) is 5.07. The second-order valence-electron chi connectivity index (χ2n) is 2.62. The third-order valence-corrected chi connectivity index (χ3v) is 1.82. The molecule has 0 saturated carbocycles. The largest absolute Gasteiger partial charge is 0.394 e. The summed E-state index contributed by atoms with van der Waals surface area (Å²) in [5.74, 6) is 0. The van der Waals surface area contributed by atoms with Gasteiger partial charge in [-0.05, 0) is 0 Å². The average molecular weight is 146 g/mol. The molecule has 0 aromatic carbocycles. The molecule has 0 aliphatic carbocycles. The SMILES string of the molecule is NC[C@@]1(CO)COCCN1. The van der Waals surface area contributed by atoms with Crippen LogP contribution in [0, 0.1) is 0 Å². The number of ether oxygens (including phenoxy) is 1. The number of nitrogens with one attached hydrogen (secondary N) is 1. The van der Waals surface area contributed by atoms with Crippen molar-refractivity contribution < 1.29 is 9.84 Å². The Labute approximate surface area is 60.4 Å². The summed E-state index contributed by atoms with van der Waals surface area (Å²) in [7, 11) is 0. The van der Waals surface area contributed by atoms with Crippen molar-refractivity contribution >= 4 is 0 Å². The maximum atomic E-state index is 8.92. The molecule has 60 valence electrons. The van der Waals surface area contributed by atoms with Crippen molar-refractivity contribution in [1.29, 1.82) is 0 Å². The lowest BCUT2D eigenvalue weighted by Crippen LogP contribution is -2.61. The van der Waals surface area contributed by atoms with Crippen LogP contribution in [-0.2, 0) is 4.74 Å². The maximum absolute atomic E-state index is 8.92. The van der Waals surface area contributed by atoms with Crippen LogP contribution in [0.2, 0.25) is 0 Å². The number of aliphatic hydroxyl groups excluding tert-OH is 1. The zero-order valence-corrected chi connectivity index (χ0v) is 5.97. The summed E-state index contributed by atoms with van der Waals surface area (Å²) >= 11 is 0. The number of aliphatic hydroxyl groups is 1. The van der Waals surface area contributed by atoms with E-state index in [0.717, 1.165) is 6.54 Å². The lowest BCUT2D eigenvalue weighted by Gasteiger charge is -2.35. The highest BCUT2D eigenvalue weighted by Gasteiger charge is 2.29. The van der Waals surface area contributed by atoms with E-state index in [-0.39, 0.29) is 12.1 Å². The van der Waals surface area contributed by atoms with Gasteiger partial charge in [0.15, 0.2) is 0 Å². The van der Waals surface area contributed by atoms with E-state index < -0.39 is 0 Å². The van der Waals surface area contributed by atoms with Gasteiger partial charge in [-0.2, -0.15) is 0 Å². The molecule has 0 amide bonds. The monoisotopic (exact) mass is 146 g/mol. The molecule has 1 aliphatic rings. The first-order valence-electron chi connectivity index (χ1n) is 3.47. The van der Waals surface area contributed by atoms with Crippen LogP contribution in [0.5, 0.6) is 0 Å². The molecule has 0 aromatic heterocycles. The van der Waals surface area contributed by atoms with Crippen LogP contribution in [0.1, 0.15) is 0 Å². The topological polar surface area (TPSA) is 67.5 Å². The van der Waals surface area contributed by atoms with Crippen LogP contribution >= 0.6 is 0 Å². The maximum Gasteiger partial charge on any atom is 0.0775 e. The van der Waals surface area contributed by atoms with Gasteiger partial charge in [-0.25, -0.2) is 0 Å². The zero-order chi connectivity index (χ0) is 7.45. The molecule has 4 N–H and O–H groups in total. The minimum Gasteiger partial charge on any atom is -0.394 e. The van der Waals surface area contributed by atoms with Crippen molar-refractivity contribution in [2.24, 2.45) is 5.73 Å². The first kappa shape index (κ1) is 7.94. The molecular formula is C6H14N2O2. The van der Waals surface area contributed by atoms with E-state index in [9.17, 15) is 0 Å². The van der Waals surface area contributed by atoms with Gasteiger partial charge < -0.3 is 20.9 Å². The standard InChI is InChI=1S/C6H14N2O2/c7-3-6(4-9)5-10-2-1-8-6/h8-9H,1-5,7H2/t6-/m1/s1. The molecule has 1 atom stereocenters. The Morgan fingerprint density at radius 2 is 2.50 bits per heavy atom. The zero-order valence-electron chi connectivity index (χ0n) is 5.97. The Morgan fingerprint density at radius 3 is 2.80 bits per heavy atom. The first-order chi connectivity index (χ1) is 4.83. The molecular weight excluding hydrogens is 132 g/mol. The lowest BCUT2D eigenvalue weighted by atomic mass is 10.0. The van der Waals surface area contributed by atoms with Gasteiger partial charge in [0.05, 0.1) is 25.4 Å². The molecule has 1 fully saturated rings. The van der Waals surface area contributed by atoms with Gasteiger partial charge >= 0.3 is 0 Å². The highest BCUT2D eigenvalue weighted by Crippen LogP contribution is 2.05. The number of hydrogen-bond acceptors (Lipinski definition) is 4. The molecule has 1 heterocycles. The van der Waals surface area contributed by atoms with Gasteiger partial charge in [0, 0.05) is 13.1 Å². The Kier molecular flexibility index (Phi) is 2.62.